The molecular formula is C25H27N3O6. The van der Waals surface area contributed by atoms with Crippen LogP contribution in [0, 0.1) is 11.8 Å². The summed E-state index contributed by atoms with van der Waals surface area (Å²) in [5, 5.41) is 16.5. The molecule has 178 valence electrons. The third-order valence-corrected chi connectivity index (χ3v) is 7.24. The van der Waals surface area contributed by atoms with Crippen molar-refractivity contribution in [3.63, 3.8) is 0 Å². The number of hydrogen-bond donors (Lipinski definition) is 3. The van der Waals surface area contributed by atoms with E-state index in [4.69, 9.17) is 9.47 Å². The molecule has 3 aliphatic rings. The fourth-order valence-electron chi connectivity index (χ4n) is 5.66. The average molecular weight is 466 g/mol. The Morgan fingerprint density at radius 1 is 1.06 bits per heavy atom. The Kier molecular flexibility index (Phi) is 5.33. The summed E-state index contributed by atoms with van der Waals surface area (Å²) >= 11 is 0. The number of nitrogens with one attached hydrogen (secondary N) is 2. The third kappa shape index (κ3) is 3.04. The lowest BCUT2D eigenvalue weighted by Crippen LogP contribution is -2.54. The molecule has 5 atom stereocenters. The van der Waals surface area contributed by atoms with Crippen LogP contribution < -0.4 is 20.1 Å². The van der Waals surface area contributed by atoms with Gasteiger partial charge in [-0.2, -0.15) is 0 Å². The number of ether oxygens (including phenoxy) is 2. The van der Waals surface area contributed by atoms with Gasteiger partial charge in [-0.15, -0.1) is 0 Å². The predicted molar refractivity (Wildman–Crippen MR) is 122 cm³/mol. The number of hydrogen-bond acceptors (Lipinski definition) is 7. The molecule has 3 amide bonds. The Bertz CT molecular complexity index is 1180. The number of para-hydroxylation sites is 1. The second-order valence-electron chi connectivity index (χ2n) is 8.99. The molecule has 2 saturated heterocycles. The van der Waals surface area contributed by atoms with E-state index in [1.807, 2.05) is 12.1 Å². The van der Waals surface area contributed by atoms with E-state index in [1.54, 1.807) is 51.5 Å². The molecule has 0 aromatic heterocycles. The summed E-state index contributed by atoms with van der Waals surface area (Å²) in [7, 11) is 3.10. The number of anilines is 1. The van der Waals surface area contributed by atoms with Gasteiger partial charge in [0.15, 0.2) is 11.5 Å². The van der Waals surface area contributed by atoms with Gasteiger partial charge in [0.2, 0.25) is 17.7 Å². The number of carbonyl (C=O) groups excluding carboxylic acids is 3. The minimum atomic E-state index is -1.40. The largest absolute Gasteiger partial charge is 0.493 e. The Labute approximate surface area is 197 Å². The van der Waals surface area contributed by atoms with E-state index in [2.05, 4.69) is 10.6 Å². The minimum Gasteiger partial charge on any atom is -0.493 e. The Morgan fingerprint density at radius 2 is 1.79 bits per heavy atom. The molecule has 3 heterocycles. The molecule has 3 aliphatic heterocycles. The van der Waals surface area contributed by atoms with Crippen LogP contribution >= 0.6 is 0 Å². The van der Waals surface area contributed by atoms with E-state index in [0.29, 0.717) is 29.2 Å². The molecule has 2 fully saturated rings. The molecular weight excluding hydrogens is 438 g/mol. The molecule has 0 bridgehead atoms. The quantitative estimate of drug-likeness (QED) is 0.546. The molecule has 34 heavy (non-hydrogen) atoms. The second kappa shape index (κ2) is 8.11. The number of imide groups is 1. The lowest BCUT2D eigenvalue weighted by Gasteiger charge is -2.30. The van der Waals surface area contributed by atoms with E-state index in [0.717, 1.165) is 5.56 Å². The van der Waals surface area contributed by atoms with Crippen LogP contribution in [0.4, 0.5) is 5.69 Å². The number of aliphatic hydroxyl groups is 1. The van der Waals surface area contributed by atoms with Gasteiger partial charge in [-0.3, -0.25) is 24.6 Å². The SMILES string of the molecule is COc1ccc(CCN2C(=O)[C@@H]3[C@H]([C@@H](C)O)N[C@@]4(C(=O)Nc5ccccc54)[C@@H]3C2=O)cc1OC. The first-order chi connectivity index (χ1) is 16.3. The zero-order valence-corrected chi connectivity index (χ0v) is 19.2. The highest BCUT2D eigenvalue weighted by molar-refractivity contribution is 6.15. The monoisotopic (exact) mass is 465 g/mol. The van der Waals surface area contributed by atoms with Gasteiger partial charge < -0.3 is 19.9 Å². The Balaban J connectivity index is 1.47. The van der Waals surface area contributed by atoms with E-state index in [1.165, 1.54) is 4.90 Å². The smallest absolute Gasteiger partial charge is 0.250 e. The van der Waals surface area contributed by atoms with Crippen molar-refractivity contribution in [3.05, 3.63) is 53.6 Å². The van der Waals surface area contributed by atoms with Crippen LogP contribution in [0.3, 0.4) is 0 Å². The number of nitrogens with zero attached hydrogens (tertiary/aromatic N) is 1. The highest BCUT2D eigenvalue weighted by Crippen LogP contribution is 2.53. The number of aliphatic hydroxyl groups excluding tert-OH is 1. The molecule has 9 nitrogen and oxygen atoms in total. The molecule has 0 aliphatic carbocycles. The highest BCUT2D eigenvalue weighted by Gasteiger charge is 2.70. The van der Waals surface area contributed by atoms with Crippen LogP contribution in [-0.4, -0.2) is 60.6 Å². The Morgan fingerprint density at radius 3 is 2.50 bits per heavy atom. The van der Waals surface area contributed by atoms with Gasteiger partial charge in [0.05, 0.1) is 32.2 Å². The van der Waals surface area contributed by atoms with Crippen LogP contribution in [0.1, 0.15) is 18.1 Å². The van der Waals surface area contributed by atoms with Crippen LogP contribution in [0.25, 0.3) is 0 Å². The van der Waals surface area contributed by atoms with Crippen molar-refractivity contribution in [1.29, 1.82) is 0 Å². The van der Waals surface area contributed by atoms with Crippen LogP contribution in [0.5, 0.6) is 11.5 Å². The first kappa shape index (κ1) is 22.4. The first-order valence-electron chi connectivity index (χ1n) is 11.3. The summed E-state index contributed by atoms with van der Waals surface area (Å²) in [6, 6.07) is 11.9. The maximum absolute atomic E-state index is 13.7. The van der Waals surface area contributed by atoms with Crippen molar-refractivity contribution >= 4 is 23.4 Å². The summed E-state index contributed by atoms with van der Waals surface area (Å²) in [6.45, 7) is 1.72. The topological polar surface area (TPSA) is 117 Å². The molecule has 2 aromatic rings. The van der Waals surface area contributed by atoms with E-state index >= 15 is 0 Å². The van der Waals surface area contributed by atoms with Crippen LogP contribution in [0.2, 0.25) is 0 Å². The van der Waals surface area contributed by atoms with E-state index in [-0.39, 0.29) is 18.4 Å². The lowest BCUT2D eigenvalue weighted by atomic mass is 9.76. The Hall–Kier alpha value is -3.43. The normalized spacial score (nSPS) is 28.2. The molecule has 0 radical (unpaired) electrons. The first-order valence-corrected chi connectivity index (χ1v) is 11.3. The standard InChI is InChI=1S/C25H27N3O6/c1-13(29)21-19-20(25(27-21)15-6-4-5-7-16(15)26-24(25)32)23(31)28(22(19)30)11-10-14-8-9-17(33-2)18(12-14)34-3/h4-9,12-13,19-21,27,29H,10-11H2,1-3H3,(H,26,32)/t13-,19+,20+,21+,25-/m1/s1. The van der Waals surface area contributed by atoms with Crippen molar-refractivity contribution in [2.24, 2.45) is 11.8 Å². The fourth-order valence-corrected chi connectivity index (χ4v) is 5.66. The zero-order chi connectivity index (χ0) is 24.2. The average Bonchev–Trinajstić information content (AvgIpc) is 3.42. The van der Waals surface area contributed by atoms with Gasteiger partial charge in [-0.25, -0.2) is 0 Å². The van der Waals surface area contributed by atoms with E-state index < -0.39 is 35.4 Å². The lowest BCUT2D eigenvalue weighted by molar-refractivity contribution is -0.143. The number of likely N-dealkylation sites (tertiary alicyclic amines) is 1. The summed E-state index contributed by atoms with van der Waals surface area (Å²) in [4.78, 5) is 41.7. The van der Waals surface area contributed by atoms with Gasteiger partial charge in [0.1, 0.15) is 5.54 Å². The molecule has 0 saturated carbocycles. The van der Waals surface area contributed by atoms with Crippen molar-refractivity contribution < 1.29 is 29.0 Å². The van der Waals surface area contributed by atoms with Gasteiger partial charge in [0, 0.05) is 23.8 Å². The number of fused-ring (bicyclic) bond motifs is 4. The summed E-state index contributed by atoms with van der Waals surface area (Å²) in [5.41, 5.74) is 0.711. The van der Waals surface area contributed by atoms with Crippen molar-refractivity contribution in [1.82, 2.24) is 10.2 Å². The molecule has 5 rings (SSSR count). The minimum absolute atomic E-state index is 0.159. The van der Waals surface area contributed by atoms with E-state index in [9.17, 15) is 19.5 Å². The molecule has 9 heteroatoms. The number of rotatable bonds is 6. The van der Waals surface area contributed by atoms with Gasteiger partial charge in [-0.05, 0) is 37.1 Å². The van der Waals surface area contributed by atoms with Crippen LogP contribution in [0.15, 0.2) is 42.5 Å². The number of methoxy groups -OCH3 is 2. The number of amides is 3. The predicted octanol–water partition coefficient (Wildman–Crippen LogP) is 1.05. The molecule has 2 aromatic carbocycles. The third-order valence-electron chi connectivity index (χ3n) is 7.24. The number of benzene rings is 2. The summed E-state index contributed by atoms with van der Waals surface area (Å²) < 4.78 is 10.6. The van der Waals surface area contributed by atoms with Crippen molar-refractivity contribution in [3.8, 4) is 11.5 Å². The molecule has 1 spiro atoms. The van der Waals surface area contributed by atoms with Crippen molar-refractivity contribution in [2.45, 2.75) is 31.0 Å². The number of carbonyl (C=O) groups is 3. The molecule has 3 N–H and O–H groups in total. The summed E-state index contributed by atoms with van der Waals surface area (Å²) in [6.07, 6.45) is -0.519. The van der Waals surface area contributed by atoms with Gasteiger partial charge in [0.25, 0.3) is 0 Å². The summed E-state index contributed by atoms with van der Waals surface area (Å²) in [5.74, 6) is -1.78. The maximum Gasteiger partial charge on any atom is 0.250 e. The van der Waals surface area contributed by atoms with Crippen molar-refractivity contribution in [2.75, 3.05) is 26.1 Å². The second-order valence-corrected chi connectivity index (χ2v) is 8.99. The van der Waals surface area contributed by atoms with Gasteiger partial charge >= 0.3 is 0 Å². The van der Waals surface area contributed by atoms with Crippen LogP contribution in [-0.2, 0) is 26.3 Å². The molecule has 0 unspecified atom stereocenters. The maximum atomic E-state index is 13.7. The van der Waals surface area contributed by atoms with Gasteiger partial charge in [-0.1, -0.05) is 24.3 Å². The highest BCUT2D eigenvalue weighted by atomic mass is 16.5. The fraction of sp³-hybridized carbons (Fsp3) is 0.400. The zero-order valence-electron chi connectivity index (χ0n) is 19.2.